The average Bonchev–Trinajstić information content (AvgIpc) is 2.72. The number of carbonyl (C=O) groups excluding carboxylic acids is 2. The van der Waals surface area contributed by atoms with Crippen LogP contribution in [-0.4, -0.2) is 81.3 Å². The van der Waals surface area contributed by atoms with Crippen LogP contribution in [-0.2, 0) is 4.79 Å². The normalized spacial score (nSPS) is 22.0. The Morgan fingerprint density at radius 1 is 1.42 bits per heavy atom. The number of fused-ring (bicyclic) bond motifs is 1. The lowest BCUT2D eigenvalue weighted by Crippen LogP contribution is -2.51. The van der Waals surface area contributed by atoms with Crippen LogP contribution in [0.15, 0.2) is 12.3 Å². The van der Waals surface area contributed by atoms with Crippen molar-refractivity contribution in [2.75, 3.05) is 26.7 Å². The van der Waals surface area contributed by atoms with Crippen molar-refractivity contribution >= 4 is 11.8 Å². The number of aliphatic hydroxyl groups is 2. The van der Waals surface area contributed by atoms with Gasteiger partial charge in [0.25, 0.3) is 5.91 Å². The second-order valence-corrected chi connectivity index (χ2v) is 9.86. The van der Waals surface area contributed by atoms with Gasteiger partial charge < -0.3 is 24.7 Å². The predicted molar refractivity (Wildman–Crippen MR) is 124 cm³/mol. The average molecular weight is 458 g/mol. The zero-order valence-corrected chi connectivity index (χ0v) is 20.2. The lowest BCUT2D eigenvalue weighted by molar-refractivity contribution is -0.138. The highest BCUT2D eigenvalue weighted by molar-refractivity contribution is 5.97. The molecule has 0 unspecified atom stereocenters. The zero-order chi connectivity index (χ0) is 24.3. The maximum atomic E-state index is 13.4. The van der Waals surface area contributed by atoms with Crippen molar-refractivity contribution in [3.05, 3.63) is 23.4 Å². The Hall–Kier alpha value is -2.63. The Morgan fingerprint density at radius 2 is 2.12 bits per heavy atom. The second-order valence-electron chi connectivity index (χ2n) is 9.86. The second kappa shape index (κ2) is 10.1. The number of hydrogen-bond acceptors (Lipinski definition) is 6. The monoisotopic (exact) mass is 457 g/mol. The third-order valence-corrected chi connectivity index (χ3v) is 6.32. The zero-order valence-electron chi connectivity index (χ0n) is 20.2. The highest BCUT2D eigenvalue weighted by Gasteiger charge is 2.36. The third kappa shape index (κ3) is 6.04. The Labute approximate surface area is 195 Å². The first-order valence-electron chi connectivity index (χ1n) is 11.6. The first-order chi connectivity index (χ1) is 15.5. The minimum atomic E-state index is -1.18. The maximum Gasteiger partial charge on any atom is 0.259 e. The van der Waals surface area contributed by atoms with Gasteiger partial charge in [-0.05, 0) is 39.7 Å². The fourth-order valence-corrected chi connectivity index (χ4v) is 3.94. The van der Waals surface area contributed by atoms with Gasteiger partial charge in [-0.2, -0.15) is 0 Å². The molecule has 2 heterocycles. The Kier molecular flexibility index (Phi) is 7.65. The van der Waals surface area contributed by atoms with E-state index in [0.29, 0.717) is 18.7 Å². The minimum absolute atomic E-state index is 0.0914. The van der Waals surface area contributed by atoms with E-state index in [1.807, 2.05) is 6.92 Å². The molecule has 180 valence electrons. The molecule has 0 radical (unpaired) electrons. The van der Waals surface area contributed by atoms with Crippen LogP contribution < -0.4 is 4.74 Å². The topological polar surface area (TPSA) is 103 Å². The smallest absolute Gasteiger partial charge is 0.259 e. The van der Waals surface area contributed by atoms with E-state index in [4.69, 9.17) is 4.74 Å². The van der Waals surface area contributed by atoms with E-state index in [2.05, 4.69) is 16.8 Å². The van der Waals surface area contributed by atoms with Crippen LogP contribution in [0.4, 0.5) is 0 Å². The lowest BCUT2D eigenvalue weighted by atomic mass is 9.84. The summed E-state index contributed by atoms with van der Waals surface area (Å²) in [6, 6.07) is 1.21. The fourth-order valence-electron chi connectivity index (χ4n) is 3.94. The molecule has 0 bridgehead atoms. The van der Waals surface area contributed by atoms with Gasteiger partial charge in [-0.1, -0.05) is 25.2 Å². The van der Waals surface area contributed by atoms with Gasteiger partial charge in [0.15, 0.2) is 0 Å². The number of likely N-dealkylation sites (N-methyl/N-ethyl adjacent to an activating group) is 1. The van der Waals surface area contributed by atoms with Gasteiger partial charge in [-0.3, -0.25) is 9.59 Å². The van der Waals surface area contributed by atoms with Crippen molar-refractivity contribution in [3.63, 3.8) is 0 Å². The molecular weight excluding hydrogens is 422 g/mol. The molecule has 0 saturated heterocycles. The minimum Gasteiger partial charge on any atom is -0.472 e. The molecule has 3 atom stereocenters. The van der Waals surface area contributed by atoms with E-state index in [1.165, 1.54) is 6.20 Å². The number of pyridine rings is 1. The summed E-state index contributed by atoms with van der Waals surface area (Å²) in [6.45, 7) is 7.50. The van der Waals surface area contributed by atoms with Crippen LogP contribution in [0.5, 0.6) is 5.88 Å². The molecule has 8 heteroatoms. The first kappa shape index (κ1) is 25.0. The number of carbonyl (C=O) groups is 2. The summed E-state index contributed by atoms with van der Waals surface area (Å²) in [4.78, 5) is 33.8. The quantitative estimate of drug-likeness (QED) is 0.652. The molecule has 33 heavy (non-hydrogen) atoms. The summed E-state index contributed by atoms with van der Waals surface area (Å²) in [5.41, 5.74) is -0.449. The molecule has 2 amide bonds. The van der Waals surface area contributed by atoms with E-state index in [9.17, 15) is 19.8 Å². The van der Waals surface area contributed by atoms with Gasteiger partial charge >= 0.3 is 0 Å². The number of rotatable bonds is 5. The number of aromatic nitrogens is 1. The summed E-state index contributed by atoms with van der Waals surface area (Å²) in [6.07, 6.45) is 4.09. The van der Waals surface area contributed by atoms with E-state index < -0.39 is 11.6 Å². The van der Waals surface area contributed by atoms with Crippen LogP contribution in [0.25, 0.3) is 0 Å². The summed E-state index contributed by atoms with van der Waals surface area (Å²) in [7, 11) is 1.79. The number of amides is 2. The fraction of sp³-hybridized carbons (Fsp3) is 0.640. The Balaban J connectivity index is 1.94. The van der Waals surface area contributed by atoms with Gasteiger partial charge in [0.2, 0.25) is 11.8 Å². The molecule has 0 aromatic carbocycles. The lowest BCUT2D eigenvalue weighted by Gasteiger charge is -2.38. The van der Waals surface area contributed by atoms with E-state index in [-0.39, 0.29) is 47.8 Å². The SMILES string of the molecule is C[C@H]1CN([C@@H](C)CO)C(=O)c2cc(C#CC(C)(C)O)cnc2O[C@H]1CN(C)C(=O)C1CCC1. The van der Waals surface area contributed by atoms with Crippen LogP contribution in [0.2, 0.25) is 0 Å². The standard InChI is InChI=1S/C25H35N3O5/c1-16-13-28(17(2)15-29)24(31)20-11-18(9-10-25(3,4)32)12-26-22(20)33-21(16)14-27(5)23(30)19-7-6-8-19/h11-12,16-17,19,21,29,32H,6-8,13-15H2,1-5H3/t16-,17-,21-/m0/s1. The van der Waals surface area contributed by atoms with Crippen LogP contribution in [0.3, 0.4) is 0 Å². The van der Waals surface area contributed by atoms with Gasteiger partial charge in [0.1, 0.15) is 17.3 Å². The summed E-state index contributed by atoms with van der Waals surface area (Å²) in [5.74, 6) is 5.59. The largest absolute Gasteiger partial charge is 0.472 e. The van der Waals surface area contributed by atoms with Crippen molar-refractivity contribution < 1.29 is 24.5 Å². The molecule has 1 fully saturated rings. The van der Waals surface area contributed by atoms with Crippen LogP contribution in [0.1, 0.15) is 62.9 Å². The first-order valence-corrected chi connectivity index (χ1v) is 11.6. The van der Waals surface area contributed by atoms with Crippen LogP contribution in [0, 0.1) is 23.7 Å². The number of ether oxygens (including phenoxy) is 1. The van der Waals surface area contributed by atoms with Crippen molar-refractivity contribution in [1.82, 2.24) is 14.8 Å². The molecule has 1 saturated carbocycles. The van der Waals surface area contributed by atoms with Gasteiger partial charge in [-0.15, -0.1) is 0 Å². The summed E-state index contributed by atoms with van der Waals surface area (Å²) < 4.78 is 6.22. The van der Waals surface area contributed by atoms with Gasteiger partial charge in [-0.25, -0.2) is 4.98 Å². The molecule has 2 N–H and O–H groups in total. The number of hydrogen-bond donors (Lipinski definition) is 2. The predicted octanol–water partition coefficient (Wildman–Crippen LogP) is 1.68. The molecule has 0 spiro atoms. The highest BCUT2D eigenvalue weighted by Crippen LogP contribution is 2.30. The maximum absolute atomic E-state index is 13.4. The summed E-state index contributed by atoms with van der Waals surface area (Å²) >= 11 is 0. The van der Waals surface area contributed by atoms with Crippen molar-refractivity contribution in [3.8, 4) is 17.7 Å². The van der Waals surface area contributed by atoms with Crippen molar-refractivity contribution in [1.29, 1.82) is 0 Å². The van der Waals surface area contributed by atoms with E-state index in [0.717, 1.165) is 19.3 Å². The molecular formula is C25H35N3O5. The van der Waals surface area contributed by atoms with Crippen molar-refractivity contribution in [2.45, 2.75) is 64.7 Å². The number of nitrogens with zero attached hydrogens (tertiary/aromatic N) is 3. The van der Waals surface area contributed by atoms with Gasteiger partial charge in [0.05, 0.1) is 19.2 Å². The highest BCUT2D eigenvalue weighted by atomic mass is 16.5. The molecule has 8 nitrogen and oxygen atoms in total. The molecule has 1 aliphatic heterocycles. The van der Waals surface area contributed by atoms with Crippen molar-refractivity contribution in [2.24, 2.45) is 11.8 Å². The Morgan fingerprint density at radius 3 is 2.70 bits per heavy atom. The molecule has 1 aromatic rings. The summed E-state index contributed by atoms with van der Waals surface area (Å²) in [5, 5.41) is 19.7. The van der Waals surface area contributed by atoms with Gasteiger partial charge in [0, 0.05) is 37.2 Å². The molecule has 1 aromatic heterocycles. The Bertz CT molecular complexity index is 942. The molecule has 2 aliphatic rings. The molecule has 1 aliphatic carbocycles. The van der Waals surface area contributed by atoms with E-state index >= 15 is 0 Å². The molecule has 3 rings (SSSR count). The van der Waals surface area contributed by atoms with Crippen LogP contribution >= 0.6 is 0 Å². The van der Waals surface area contributed by atoms with E-state index in [1.54, 1.807) is 43.7 Å². The number of aliphatic hydroxyl groups excluding tert-OH is 1. The third-order valence-electron chi connectivity index (χ3n) is 6.32.